The molecule has 0 aliphatic carbocycles. The van der Waals surface area contributed by atoms with Gasteiger partial charge in [0, 0.05) is 6.54 Å². The summed E-state index contributed by atoms with van der Waals surface area (Å²) in [6.45, 7) is 9.76. The standard InChI is InChI=1S/C13H20N2O/c1-10(2)9-16-7-6-15-13-5-4-11(3)8-12(13)14/h4-5,8,15H,1,6-7,9,14H2,2-3H3. The highest BCUT2D eigenvalue weighted by molar-refractivity contribution is 5.66. The fourth-order valence-corrected chi connectivity index (χ4v) is 1.35. The molecule has 0 fully saturated rings. The highest BCUT2D eigenvalue weighted by atomic mass is 16.5. The van der Waals surface area contributed by atoms with Crippen molar-refractivity contribution in [3.05, 3.63) is 35.9 Å². The van der Waals surface area contributed by atoms with Crippen LogP contribution in [0.25, 0.3) is 0 Å². The van der Waals surface area contributed by atoms with Gasteiger partial charge in [0.15, 0.2) is 0 Å². The van der Waals surface area contributed by atoms with Crippen molar-refractivity contribution in [2.45, 2.75) is 13.8 Å². The first-order valence-electron chi connectivity index (χ1n) is 5.41. The van der Waals surface area contributed by atoms with Crippen LogP contribution in [0, 0.1) is 6.92 Å². The van der Waals surface area contributed by atoms with Crippen LogP contribution >= 0.6 is 0 Å². The molecule has 0 aliphatic heterocycles. The number of anilines is 2. The normalized spacial score (nSPS) is 10.1. The number of hydrogen-bond donors (Lipinski definition) is 2. The highest BCUT2D eigenvalue weighted by Crippen LogP contribution is 2.18. The van der Waals surface area contributed by atoms with Gasteiger partial charge in [0.25, 0.3) is 0 Å². The summed E-state index contributed by atoms with van der Waals surface area (Å²) in [4.78, 5) is 0. The SMILES string of the molecule is C=C(C)COCCNc1ccc(C)cc1N. The Morgan fingerprint density at radius 3 is 2.88 bits per heavy atom. The molecule has 3 N–H and O–H groups in total. The molecule has 0 heterocycles. The van der Waals surface area contributed by atoms with Crippen molar-refractivity contribution < 1.29 is 4.74 Å². The van der Waals surface area contributed by atoms with Gasteiger partial charge in [-0.2, -0.15) is 0 Å². The van der Waals surface area contributed by atoms with Crippen LogP contribution in [0.5, 0.6) is 0 Å². The second kappa shape index (κ2) is 6.18. The van der Waals surface area contributed by atoms with Crippen molar-refractivity contribution in [3.63, 3.8) is 0 Å². The van der Waals surface area contributed by atoms with Crippen molar-refractivity contribution in [2.24, 2.45) is 0 Å². The van der Waals surface area contributed by atoms with E-state index in [9.17, 15) is 0 Å². The molecule has 0 radical (unpaired) electrons. The molecular weight excluding hydrogens is 200 g/mol. The van der Waals surface area contributed by atoms with E-state index >= 15 is 0 Å². The van der Waals surface area contributed by atoms with Crippen molar-refractivity contribution in [2.75, 3.05) is 30.8 Å². The van der Waals surface area contributed by atoms with E-state index in [0.717, 1.165) is 23.5 Å². The summed E-state index contributed by atoms with van der Waals surface area (Å²) in [6.07, 6.45) is 0. The first-order valence-corrected chi connectivity index (χ1v) is 5.41. The van der Waals surface area contributed by atoms with Crippen molar-refractivity contribution in [1.29, 1.82) is 0 Å². The molecular formula is C13H20N2O. The van der Waals surface area contributed by atoms with Gasteiger partial charge in [-0.05, 0) is 31.5 Å². The predicted molar refractivity (Wildman–Crippen MR) is 69.7 cm³/mol. The molecule has 88 valence electrons. The Bertz CT molecular complexity index is 361. The quantitative estimate of drug-likeness (QED) is 0.440. The fraction of sp³-hybridized carbons (Fsp3) is 0.385. The average Bonchev–Trinajstić information content (AvgIpc) is 2.20. The Morgan fingerprint density at radius 1 is 1.50 bits per heavy atom. The van der Waals surface area contributed by atoms with Crippen LogP contribution in [0.4, 0.5) is 11.4 Å². The minimum absolute atomic E-state index is 0.616. The number of nitrogen functional groups attached to an aromatic ring is 1. The maximum Gasteiger partial charge on any atom is 0.0672 e. The Labute approximate surface area is 97.3 Å². The maximum absolute atomic E-state index is 5.87. The number of rotatable bonds is 6. The molecule has 0 aromatic heterocycles. The van der Waals surface area contributed by atoms with Crippen LogP contribution in [0.2, 0.25) is 0 Å². The van der Waals surface area contributed by atoms with Crippen LogP contribution in [-0.4, -0.2) is 19.8 Å². The Kier molecular flexibility index (Phi) is 4.86. The zero-order chi connectivity index (χ0) is 12.0. The van der Waals surface area contributed by atoms with Crippen molar-refractivity contribution in [1.82, 2.24) is 0 Å². The van der Waals surface area contributed by atoms with E-state index in [2.05, 4.69) is 11.9 Å². The van der Waals surface area contributed by atoms with Gasteiger partial charge in [-0.3, -0.25) is 0 Å². The van der Waals surface area contributed by atoms with E-state index in [-0.39, 0.29) is 0 Å². The number of hydrogen-bond acceptors (Lipinski definition) is 3. The van der Waals surface area contributed by atoms with Gasteiger partial charge in [-0.25, -0.2) is 0 Å². The van der Waals surface area contributed by atoms with Crippen LogP contribution in [0.3, 0.4) is 0 Å². The number of ether oxygens (including phenoxy) is 1. The molecule has 0 unspecified atom stereocenters. The lowest BCUT2D eigenvalue weighted by molar-refractivity contribution is 0.167. The third kappa shape index (κ3) is 4.36. The van der Waals surface area contributed by atoms with Crippen LogP contribution in [0.15, 0.2) is 30.4 Å². The third-order valence-electron chi connectivity index (χ3n) is 2.12. The first kappa shape index (κ1) is 12.6. The topological polar surface area (TPSA) is 47.3 Å². The summed E-state index contributed by atoms with van der Waals surface area (Å²) >= 11 is 0. The van der Waals surface area contributed by atoms with Gasteiger partial charge in [0.2, 0.25) is 0 Å². The van der Waals surface area contributed by atoms with E-state index in [0.29, 0.717) is 13.2 Å². The van der Waals surface area contributed by atoms with Crippen LogP contribution in [0.1, 0.15) is 12.5 Å². The molecule has 0 saturated heterocycles. The summed E-state index contributed by atoms with van der Waals surface area (Å²) < 4.78 is 5.38. The molecule has 1 aromatic carbocycles. The Balaban J connectivity index is 2.29. The summed E-state index contributed by atoms with van der Waals surface area (Å²) in [5, 5.41) is 3.23. The molecule has 1 aromatic rings. The lowest BCUT2D eigenvalue weighted by Crippen LogP contribution is -2.11. The summed E-state index contributed by atoms with van der Waals surface area (Å²) in [6, 6.07) is 5.98. The summed E-state index contributed by atoms with van der Waals surface area (Å²) in [7, 11) is 0. The van der Waals surface area contributed by atoms with E-state index in [4.69, 9.17) is 10.5 Å². The van der Waals surface area contributed by atoms with Crippen molar-refractivity contribution in [3.8, 4) is 0 Å². The minimum Gasteiger partial charge on any atom is -0.397 e. The van der Waals surface area contributed by atoms with Crippen molar-refractivity contribution >= 4 is 11.4 Å². The second-order valence-electron chi connectivity index (χ2n) is 4.03. The van der Waals surface area contributed by atoms with Gasteiger partial charge in [0.1, 0.15) is 0 Å². The van der Waals surface area contributed by atoms with E-state index < -0.39 is 0 Å². The number of nitrogens with two attached hydrogens (primary N) is 1. The lowest BCUT2D eigenvalue weighted by atomic mass is 10.2. The minimum atomic E-state index is 0.616. The molecule has 0 saturated carbocycles. The van der Waals surface area contributed by atoms with Gasteiger partial charge in [0.05, 0.1) is 24.6 Å². The van der Waals surface area contributed by atoms with Gasteiger partial charge >= 0.3 is 0 Å². The lowest BCUT2D eigenvalue weighted by Gasteiger charge is -2.10. The maximum atomic E-state index is 5.87. The van der Waals surface area contributed by atoms with Gasteiger partial charge < -0.3 is 15.8 Å². The monoisotopic (exact) mass is 220 g/mol. The number of aryl methyl sites for hydroxylation is 1. The predicted octanol–water partition coefficient (Wildman–Crippen LogP) is 2.58. The Morgan fingerprint density at radius 2 is 2.25 bits per heavy atom. The number of nitrogens with one attached hydrogen (secondary N) is 1. The average molecular weight is 220 g/mol. The van der Waals surface area contributed by atoms with E-state index in [1.165, 1.54) is 5.56 Å². The summed E-state index contributed by atoms with van der Waals surface area (Å²) in [5.41, 5.74) is 9.81. The molecule has 0 aliphatic rings. The molecule has 1 rings (SSSR count). The molecule has 3 nitrogen and oxygen atoms in total. The molecule has 0 bridgehead atoms. The molecule has 0 spiro atoms. The molecule has 0 amide bonds. The molecule has 16 heavy (non-hydrogen) atoms. The van der Waals surface area contributed by atoms with Gasteiger partial charge in [-0.15, -0.1) is 0 Å². The summed E-state index contributed by atoms with van der Waals surface area (Å²) in [5.74, 6) is 0. The van der Waals surface area contributed by atoms with E-state index in [1.807, 2.05) is 32.0 Å². The largest absolute Gasteiger partial charge is 0.397 e. The smallest absolute Gasteiger partial charge is 0.0672 e. The van der Waals surface area contributed by atoms with E-state index in [1.54, 1.807) is 0 Å². The third-order valence-corrected chi connectivity index (χ3v) is 2.12. The fourth-order valence-electron chi connectivity index (χ4n) is 1.35. The highest BCUT2D eigenvalue weighted by Gasteiger charge is 1.97. The second-order valence-corrected chi connectivity index (χ2v) is 4.03. The van der Waals surface area contributed by atoms with Crippen LogP contribution in [-0.2, 0) is 4.74 Å². The van der Waals surface area contributed by atoms with Crippen LogP contribution < -0.4 is 11.1 Å². The zero-order valence-corrected chi connectivity index (χ0v) is 10.0. The first-order chi connectivity index (χ1) is 7.59. The molecule has 0 atom stereocenters. The Hall–Kier alpha value is -1.48. The molecule has 3 heteroatoms. The zero-order valence-electron chi connectivity index (χ0n) is 10.0. The number of benzene rings is 1. The van der Waals surface area contributed by atoms with Gasteiger partial charge in [-0.1, -0.05) is 18.2 Å².